The van der Waals surface area contributed by atoms with Crippen LogP contribution in [0.5, 0.6) is 5.75 Å². The van der Waals surface area contributed by atoms with Gasteiger partial charge in [-0.2, -0.15) is 0 Å². The summed E-state index contributed by atoms with van der Waals surface area (Å²) in [5, 5.41) is 11.3. The van der Waals surface area contributed by atoms with Gasteiger partial charge in [0, 0.05) is 5.41 Å². The second-order valence-electron chi connectivity index (χ2n) is 9.60. The highest BCUT2D eigenvalue weighted by Crippen LogP contribution is 2.54. The molecule has 0 aliphatic heterocycles. The van der Waals surface area contributed by atoms with E-state index in [0.29, 0.717) is 28.4 Å². The minimum Gasteiger partial charge on any atom is -0.507 e. The van der Waals surface area contributed by atoms with Crippen molar-refractivity contribution < 1.29 is 17.9 Å². The first-order valence-corrected chi connectivity index (χ1v) is 13.2. The highest BCUT2D eigenvalue weighted by atomic mass is 32.2. The molecule has 1 atom stereocenters. The van der Waals surface area contributed by atoms with Crippen molar-refractivity contribution >= 4 is 37.4 Å². The van der Waals surface area contributed by atoms with Crippen LogP contribution in [0.3, 0.4) is 0 Å². The van der Waals surface area contributed by atoms with Crippen LogP contribution in [-0.4, -0.2) is 29.2 Å². The number of hydrogen-bond acceptors (Lipinski definition) is 6. The Kier molecular flexibility index (Phi) is 4.79. The highest BCUT2D eigenvalue weighted by Gasteiger charge is 2.48. The third kappa shape index (κ3) is 3.60. The molecule has 0 radical (unpaired) electrons. The van der Waals surface area contributed by atoms with Gasteiger partial charge >= 0.3 is 5.63 Å². The first kappa shape index (κ1) is 21.9. The maximum absolute atomic E-state index is 13.6. The average molecular weight is 489 g/mol. The van der Waals surface area contributed by atoms with Crippen LogP contribution < -0.4 is 5.63 Å². The van der Waals surface area contributed by atoms with Gasteiger partial charge in [0.05, 0.1) is 27.7 Å². The molecule has 8 heteroatoms. The number of para-hydroxylation sites is 2. The fourth-order valence-corrected chi connectivity index (χ4v) is 7.04. The van der Waals surface area contributed by atoms with Crippen molar-refractivity contribution in [2.75, 3.05) is 5.75 Å². The van der Waals surface area contributed by atoms with E-state index < -0.39 is 20.9 Å². The van der Waals surface area contributed by atoms with E-state index in [1.165, 1.54) is 6.92 Å². The van der Waals surface area contributed by atoms with Gasteiger partial charge in [-0.3, -0.25) is 0 Å². The molecular weight excluding hydrogens is 464 g/mol. The highest BCUT2D eigenvalue weighted by molar-refractivity contribution is 7.91. The van der Waals surface area contributed by atoms with Gasteiger partial charge in [0.15, 0.2) is 0 Å². The number of aromatic nitrogens is 2. The fraction of sp³-hybridized carbons (Fsp3) is 0.259. The molecule has 2 aliphatic rings. The Balaban J connectivity index is 1.41. The van der Waals surface area contributed by atoms with E-state index in [1.807, 2.05) is 42.5 Å². The zero-order chi connectivity index (χ0) is 24.4. The molecule has 1 saturated carbocycles. The van der Waals surface area contributed by atoms with Crippen LogP contribution in [0.15, 0.2) is 75.1 Å². The van der Waals surface area contributed by atoms with E-state index in [0.717, 1.165) is 24.0 Å². The molecular formula is C27H24N2O5S. The van der Waals surface area contributed by atoms with Crippen molar-refractivity contribution in [2.24, 2.45) is 11.3 Å². The van der Waals surface area contributed by atoms with Gasteiger partial charge in [0.1, 0.15) is 11.3 Å². The summed E-state index contributed by atoms with van der Waals surface area (Å²) in [6.07, 6.45) is 8.29. The summed E-state index contributed by atoms with van der Waals surface area (Å²) in [4.78, 5) is 19.4. The summed E-state index contributed by atoms with van der Waals surface area (Å²) < 4.78 is 32.5. The number of rotatable bonds is 5. The third-order valence-corrected chi connectivity index (χ3v) is 8.93. The lowest BCUT2D eigenvalue weighted by Crippen LogP contribution is -2.32. The molecule has 0 spiro atoms. The van der Waals surface area contributed by atoms with Gasteiger partial charge in [-0.25, -0.2) is 18.2 Å². The Hall–Kier alpha value is -3.65. The summed E-state index contributed by atoms with van der Waals surface area (Å²) in [5.41, 5.74) is 2.23. The van der Waals surface area contributed by atoms with Crippen LogP contribution in [0.4, 0.5) is 0 Å². The lowest BCUT2D eigenvalue weighted by molar-refractivity contribution is 0.373. The molecule has 6 rings (SSSR count). The fourth-order valence-electron chi connectivity index (χ4n) is 5.26. The Morgan fingerprint density at radius 1 is 1.17 bits per heavy atom. The summed E-state index contributed by atoms with van der Waals surface area (Å²) in [6.45, 7) is 1.53. The lowest BCUT2D eigenvalue weighted by atomic mass is 9.74. The van der Waals surface area contributed by atoms with Crippen molar-refractivity contribution in [3.05, 3.63) is 82.2 Å². The largest absolute Gasteiger partial charge is 0.507 e. The van der Waals surface area contributed by atoms with Gasteiger partial charge < -0.3 is 14.5 Å². The normalized spacial score (nSPS) is 20.4. The van der Waals surface area contributed by atoms with E-state index in [1.54, 1.807) is 18.2 Å². The summed E-state index contributed by atoms with van der Waals surface area (Å²) >= 11 is 0. The lowest BCUT2D eigenvalue weighted by Gasteiger charge is -2.34. The molecule has 2 N–H and O–H groups in total. The number of aromatic hydroxyl groups is 1. The number of H-pyrrole nitrogens is 1. The molecule has 0 saturated heterocycles. The molecule has 1 fully saturated rings. The molecule has 2 heterocycles. The molecule has 178 valence electrons. The number of hydrogen-bond donors (Lipinski definition) is 2. The summed E-state index contributed by atoms with van der Waals surface area (Å²) in [7, 11) is -3.71. The van der Waals surface area contributed by atoms with E-state index in [4.69, 9.17) is 4.42 Å². The number of aromatic amines is 1. The number of imidazole rings is 1. The van der Waals surface area contributed by atoms with E-state index in [-0.39, 0.29) is 28.1 Å². The van der Waals surface area contributed by atoms with Crippen LogP contribution in [0.25, 0.3) is 27.6 Å². The van der Waals surface area contributed by atoms with Gasteiger partial charge in [-0.1, -0.05) is 42.5 Å². The molecule has 35 heavy (non-hydrogen) atoms. The number of allylic oxidation sites excluding steroid dienone is 4. The number of benzene rings is 2. The standard InChI is InChI=1S/C27H24N2O5S/c1-16-24(30)23-19(7-4-10-22(23)34-25(16)31)17-6-5-13-27(14-17,18-11-12-18)15-35(32,33)26-28-20-8-2-3-9-21(20)29-26/h2-10,13,18,30H,11-12,14-15H2,1H3,(H,28,29). The molecule has 2 aromatic carbocycles. The second kappa shape index (κ2) is 7.68. The van der Waals surface area contributed by atoms with E-state index >= 15 is 0 Å². The van der Waals surface area contributed by atoms with Crippen molar-refractivity contribution in [1.82, 2.24) is 9.97 Å². The maximum Gasteiger partial charge on any atom is 0.342 e. The Morgan fingerprint density at radius 3 is 2.74 bits per heavy atom. The SMILES string of the molecule is Cc1c(O)c2c(C3=CC=CC(CS(=O)(=O)c4nc5ccccc5[nH]4)(C4CC4)C3)cccc2oc1=O. The molecule has 4 aromatic rings. The molecule has 1 unspecified atom stereocenters. The van der Waals surface area contributed by atoms with Crippen molar-refractivity contribution in [2.45, 2.75) is 31.3 Å². The van der Waals surface area contributed by atoms with Gasteiger partial charge in [-0.15, -0.1) is 0 Å². The van der Waals surface area contributed by atoms with Crippen LogP contribution in [0, 0.1) is 18.3 Å². The minimum absolute atomic E-state index is 0.0107. The number of nitrogens with one attached hydrogen (secondary N) is 1. The number of nitrogens with zero attached hydrogens (tertiary/aromatic N) is 1. The van der Waals surface area contributed by atoms with Crippen molar-refractivity contribution in [3.8, 4) is 5.75 Å². The molecule has 0 bridgehead atoms. The summed E-state index contributed by atoms with van der Waals surface area (Å²) in [5.74, 6) is 0.0717. The monoisotopic (exact) mass is 488 g/mol. The maximum atomic E-state index is 13.6. The quantitative estimate of drug-likeness (QED) is 0.387. The first-order valence-electron chi connectivity index (χ1n) is 11.6. The Bertz CT molecular complexity index is 1690. The zero-order valence-electron chi connectivity index (χ0n) is 19.1. The summed E-state index contributed by atoms with van der Waals surface area (Å²) in [6, 6.07) is 12.6. The van der Waals surface area contributed by atoms with E-state index in [2.05, 4.69) is 9.97 Å². The van der Waals surface area contributed by atoms with Crippen LogP contribution in [0.1, 0.15) is 30.4 Å². The van der Waals surface area contributed by atoms with Crippen LogP contribution in [-0.2, 0) is 9.84 Å². The molecule has 2 aromatic heterocycles. The zero-order valence-corrected chi connectivity index (χ0v) is 19.9. The number of fused-ring (bicyclic) bond motifs is 2. The molecule has 0 amide bonds. The molecule has 2 aliphatic carbocycles. The Morgan fingerprint density at radius 2 is 1.97 bits per heavy atom. The number of sulfone groups is 1. The van der Waals surface area contributed by atoms with Crippen molar-refractivity contribution in [3.63, 3.8) is 0 Å². The van der Waals surface area contributed by atoms with E-state index in [9.17, 15) is 18.3 Å². The topological polar surface area (TPSA) is 113 Å². The average Bonchev–Trinajstić information content (AvgIpc) is 3.61. The predicted molar refractivity (Wildman–Crippen MR) is 134 cm³/mol. The molecule has 7 nitrogen and oxygen atoms in total. The van der Waals surface area contributed by atoms with Crippen molar-refractivity contribution in [1.29, 1.82) is 0 Å². The third-order valence-electron chi connectivity index (χ3n) is 7.23. The van der Waals surface area contributed by atoms with Crippen LogP contribution in [0.2, 0.25) is 0 Å². The van der Waals surface area contributed by atoms with Gasteiger partial charge in [0.2, 0.25) is 15.0 Å². The predicted octanol–water partition coefficient (Wildman–Crippen LogP) is 4.90. The van der Waals surface area contributed by atoms with Gasteiger partial charge in [0.25, 0.3) is 0 Å². The van der Waals surface area contributed by atoms with Gasteiger partial charge in [-0.05, 0) is 61.4 Å². The van der Waals surface area contributed by atoms with Crippen LogP contribution >= 0.6 is 0 Å². The second-order valence-corrected chi connectivity index (χ2v) is 11.5. The smallest absolute Gasteiger partial charge is 0.342 e. The minimum atomic E-state index is -3.71. The first-order chi connectivity index (χ1) is 16.8. The Labute approximate surface area is 201 Å².